The Morgan fingerprint density at radius 1 is 1.24 bits per heavy atom. The summed E-state index contributed by atoms with van der Waals surface area (Å²) in [6, 6.07) is 13.7. The molecule has 25 heavy (non-hydrogen) atoms. The number of amides is 1. The van der Waals surface area contributed by atoms with Crippen molar-refractivity contribution in [3.05, 3.63) is 80.9 Å². The van der Waals surface area contributed by atoms with Gasteiger partial charge in [0.05, 0.1) is 17.5 Å². The van der Waals surface area contributed by atoms with Crippen LogP contribution in [0, 0.1) is 17.4 Å². The van der Waals surface area contributed by atoms with Crippen LogP contribution in [0.1, 0.15) is 27.3 Å². The van der Waals surface area contributed by atoms with Gasteiger partial charge in [-0.15, -0.1) is 0 Å². The van der Waals surface area contributed by atoms with E-state index in [0.717, 1.165) is 22.6 Å². The molecule has 0 bridgehead atoms. The van der Waals surface area contributed by atoms with Gasteiger partial charge in [-0.05, 0) is 66.8 Å². The van der Waals surface area contributed by atoms with Gasteiger partial charge in [0.25, 0.3) is 5.91 Å². The minimum Gasteiger partial charge on any atom is -0.317 e. The summed E-state index contributed by atoms with van der Waals surface area (Å²) in [6.45, 7) is 4.10. The van der Waals surface area contributed by atoms with Crippen molar-refractivity contribution in [3.63, 3.8) is 0 Å². The molecule has 2 aromatic heterocycles. The first-order valence-electron chi connectivity index (χ1n) is 7.75. The zero-order valence-electron chi connectivity index (χ0n) is 13.9. The molecular formula is C19H17IN4O. The van der Waals surface area contributed by atoms with E-state index >= 15 is 0 Å². The fourth-order valence-electron chi connectivity index (χ4n) is 2.64. The van der Waals surface area contributed by atoms with Crippen molar-refractivity contribution < 1.29 is 4.79 Å². The lowest BCUT2D eigenvalue weighted by Gasteiger charge is -2.11. The quantitative estimate of drug-likeness (QED) is 0.378. The first kappa shape index (κ1) is 17.3. The number of aromatic nitrogens is 2. The smallest absolute Gasteiger partial charge is 0.272 e. The van der Waals surface area contributed by atoms with Crippen LogP contribution in [0.3, 0.4) is 0 Å². The van der Waals surface area contributed by atoms with Crippen molar-refractivity contribution in [1.29, 1.82) is 0 Å². The van der Waals surface area contributed by atoms with Gasteiger partial charge in [0.1, 0.15) is 0 Å². The molecule has 0 atom stereocenters. The molecule has 3 rings (SSSR count). The Balaban J connectivity index is 1.82. The van der Waals surface area contributed by atoms with Crippen LogP contribution in [0.15, 0.2) is 60.0 Å². The summed E-state index contributed by atoms with van der Waals surface area (Å²) in [5.41, 5.74) is 7.29. The van der Waals surface area contributed by atoms with E-state index in [0.29, 0.717) is 5.56 Å². The van der Waals surface area contributed by atoms with Gasteiger partial charge in [0, 0.05) is 32.9 Å². The lowest BCUT2D eigenvalue weighted by Crippen LogP contribution is -2.17. The molecule has 126 valence electrons. The second-order valence-corrected chi connectivity index (χ2v) is 6.72. The molecule has 0 aliphatic rings. The number of carbonyl (C=O) groups excluding carboxylic acids is 1. The maximum absolute atomic E-state index is 12.0. The van der Waals surface area contributed by atoms with Crippen molar-refractivity contribution in [2.45, 2.75) is 13.8 Å². The van der Waals surface area contributed by atoms with E-state index in [4.69, 9.17) is 0 Å². The number of hydrogen-bond acceptors (Lipinski definition) is 3. The number of carbonyl (C=O) groups is 1. The number of halogens is 1. The van der Waals surface area contributed by atoms with Crippen LogP contribution >= 0.6 is 22.6 Å². The summed E-state index contributed by atoms with van der Waals surface area (Å²) >= 11 is 2.33. The highest BCUT2D eigenvalue weighted by atomic mass is 127. The number of hydrazone groups is 1. The Hall–Kier alpha value is -2.48. The van der Waals surface area contributed by atoms with Crippen LogP contribution in [-0.2, 0) is 0 Å². The molecular weight excluding hydrogens is 427 g/mol. The third kappa shape index (κ3) is 3.79. The Kier molecular flexibility index (Phi) is 5.28. The van der Waals surface area contributed by atoms with E-state index in [2.05, 4.69) is 67.8 Å². The third-order valence-electron chi connectivity index (χ3n) is 3.86. The molecule has 0 spiro atoms. The first-order valence-corrected chi connectivity index (χ1v) is 8.83. The minimum atomic E-state index is -0.282. The predicted octanol–water partition coefficient (Wildman–Crippen LogP) is 3.86. The number of pyridine rings is 1. The number of aryl methyl sites for hydroxylation is 1. The largest absolute Gasteiger partial charge is 0.317 e. The van der Waals surface area contributed by atoms with Crippen molar-refractivity contribution in [2.75, 3.05) is 0 Å². The predicted molar refractivity (Wildman–Crippen MR) is 107 cm³/mol. The number of benzene rings is 1. The van der Waals surface area contributed by atoms with Crippen LogP contribution in [-0.4, -0.2) is 21.7 Å². The summed E-state index contributed by atoms with van der Waals surface area (Å²) in [6.07, 6.45) is 4.80. The molecule has 1 aromatic carbocycles. The average molecular weight is 444 g/mol. The van der Waals surface area contributed by atoms with Crippen molar-refractivity contribution >= 4 is 34.7 Å². The van der Waals surface area contributed by atoms with Gasteiger partial charge < -0.3 is 4.57 Å². The van der Waals surface area contributed by atoms with Gasteiger partial charge in [-0.25, -0.2) is 5.43 Å². The molecule has 1 N–H and O–H groups in total. The zero-order valence-corrected chi connectivity index (χ0v) is 16.1. The van der Waals surface area contributed by atoms with E-state index in [1.165, 1.54) is 9.77 Å². The fraction of sp³-hybridized carbons (Fsp3) is 0.105. The lowest BCUT2D eigenvalue weighted by molar-refractivity contribution is 0.0955. The molecule has 3 aromatic rings. The standard InChI is InChI=1S/C19H17IN4O/c1-13-10-16(12-22-23-19(25)15-6-5-9-21-11-15)14(2)24(13)18-8-4-3-7-17(18)20/h3-12H,1-2H3,(H,23,25)/b22-12-. The SMILES string of the molecule is Cc1cc(/C=N\NC(=O)c2cccnc2)c(C)n1-c1ccccc1I. The maximum Gasteiger partial charge on any atom is 0.272 e. The van der Waals surface area contributed by atoms with Crippen LogP contribution in [0.5, 0.6) is 0 Å². The number of para-hydroxylation sites is 1. The van der Waals surface area contributed by atoms with E-state index in [-0.39, 0.29) is 5.91 Å². The molecule has 0 unspecified atom stereocenters. The summed E-state index contributed by atoms with van der Waals surface area (Å²) in [4.78, 5) is 15.9. The molecule has 0 fully saturated rings. The van der Waals surface area contributed by atoms with Gasteiger partial charge >= 0.3 is 0 Å². The van der Waals surface area contributed by atoms with Crippen molar-refractivity contribution in [2.24, 2.45) is 5.10 Å². The maximum atomic E-state index is 12.0. The summed E-state index contributed by atoms with van der Waals surface area (Å²) in [7, 11) is 0. The molecule has 0 saturated carbocycles. The lowest BCUT2D eigenvalue weighted by atomic mass is 10.2. The summed E-state index contributed by atoms with van der Waals surface area (Å²) < 4.78 is 3.36. The summed E-state index contributed by atoms with van der Waals surface area (Å²) in [5, 5.41) is 4.08. The normalized spacial score (nSPS) is 11.0. The first-order chi connectivity index (χ1) is 12.1. The molecule has 0 radical (unpaired) electrons. The van der Waals surface area contributed by atoms with Crippen LogP contribution in [0.2, 0.25) is 0 Å². The van der Waals surface area contributed by atoms with Gasteiger partial charge in [-0.1, -0.05) is 12.1 Å². The fourth-order valence-corrected chi connectivity index (χ4v) is 3.27. The average Bonchev–Trinajstić information content (AvgIpc) is 2.90. The van der Waals surface area contributed by atoms with E-state index < -0.39 is 0 Å². The Morgan fingerprint density at radius 3 is 2.76 bits per heavy atom. The third-order valence-corrected chi connectivity index (χ3v) is 4.77. The van der Waals surface area contributed by atoms with Crippen LogP contribution in [0.4, 0.5) is 0 Å². The van der Waals surface area contributed by atoms with Crippen LogP contribution < -0.4 is 5.43 Å². The number of nitrogens with zero attached hydrogens (tertiary/aromatic N) is 3. The molecule has 6 heteroatoms. The van der Waals surface area contributed by atoms with Crippen LogP contribution in [0.25, 0.3) is 5.69 Å². The Bertz CT molecular complexity index is 932. The zero-order chi connectivity index (χ0) is 17.8. The van der Waals surface area contributed by atoms with E-state index in [1.807, 2.05) is 19.1 Å². The van der Waals surface area contributed by atoms with Crippen molar-refractivity contribution in [3.8, 4) is 5.69 Å². The molecule has 0 aliphatic carbocycles. The van der Waals surface area contributed by atoms with Crippen molar-refractivity contribution in [1.82, 2.24) is 15.0 Å². The number of nitrogens with one attached hydrogen (secondary N) is 1. The highest BCUT2D eigenvalue weighted by Crippen LogP contribution is 2.23. The Morgan fingerprint density at radius 2 is 2.04 bits per heavy atom. The van der Waals surface area contributed by atoms with E-state index in [1.54, 1.807) is 24.5 Å². The van der Waals surface area contributed by atoms with Gasteiger partial charge in [-0.2, -0.15) is 5.10 Å². The van der Waals surface area contributed by atoms with E-state index in [9.17, 15) is 4.79 Å². The minimum absolute atomic E-state index is 0.282. The second kappa shape index (κ2) is 7.60. The van der Waals surface area contributed by atoms with Gasteiger partial charge in [0.15, 0.2) is 0 Å². The highest BCUT2D eigenvalue weighted by molar-refractivity contribution is 14.1. The monoisotopic (exact) mass is 444 g/mol. The molecule has 0 aliphatic heterocycles. The second-order valence-electron chi connectivity index (χ2n) is 5.55. The molecule has 2 heterocycles. The summed E-state index contributed by atoms with van der Waals surface area (Å²) in [5.74, 6) is -0.282. The van der Waals surface area contributed by atoms with Gasteiger partial charge in [0.2, 0.25) is 0 Å². The Labute approximate surface area is 159 Å². The van der Waals surface area contributed by atoms with Gasteiger partial charge in [-0.3, -0.25) is 9.78 Å². The molecule has 0 saturated heterocycles. The highest BCUT2D eigenvalue weighted by Gasteiger charge is 2.11. The topological polar surface area (TPSA) is 59.3 Å². The molecule has 5 nitrogen and oxygen atoms in total. The molecule has 1 amide bonds. The number of rotatable bonds is 4. The number of hydrogen-bond donors (Lipinski definition) is 1.